The molecule has 0 aromatic carbocycles. The molecule has 3 aliphatic rings. The van der Waals surface area contributed by atoms with Gasteiger partial charge in [0.2, 0.25) is 0 Å². The van der Waals surface area contributed by atoms with Crippen molar-refractivity contribution >= 4 is 0 Å². The molecule has 0 saturated carbocycles. The third-order valence-electron chi connectivity index (χ3n) is 4.60. The molecule has 0 saturated heterocycles. The molecule has 0 amide bonds. The van der Waals surface area contributed by atoms with Gasteiger partial charge in [-0.05, 0) is 30.4 Å². The smallest absolute Gasteiger partial charge is 0.260 e. The average Bonchev–Trinajstić information content (AvgIpc) is 2.44. The van der Waals surface area contributed by atoms with E-state index in [2.05, 4.69) is 11.9 Å². The van der Waals surface area contributed by atoms with Crippen LogP contribution in [0.2, 0.25) is 0 Å². The van der Waals surface area contributed by atoms with Gasteiger partial charge in [0.25, 0.3) is 0 Å². The summed E-state index contributed by atoms with van der Waals surface area (Å²) < 4.78 is 39.5. The van der Waals surface area contributed by atoms with Crippen LogP contribution < -0.4 is 0 Å². The molecular weight excluding hydrogens is 263 g/mol. The van der Waals surface area contributed by atoms with Crippen molar-refractivity contribution < 1.29 is 13.2 Å². The predicted octanol–water partition coefficient (Wildman–Crippen LogP) is 4.96. The fourth-order valence-corrected chi connectivity index (χ4v) is 3.68. The SMILES string of the molecule is CCCCC1CC2C(C(F)(F)F)=CC1c1cccnc12. The molecule has 20 heavy (non-hydrogen) atoms. The monoisotopic (exact) mass is 281 g/mol. The fourth-order valence-electron chi connectivity index (χ4n) is 3.68. The first kappa shape index (κ1) is 13.7. The normalized spacial score (nSPS) is 28.2. The van der Waals surface area contributed by atoms with Crippen molar-refractivity contribution in [3.63, 3.8) is 0 Å². The number of hydrogen-bond donors (Lipinski definition) is 0. The van der Waals surface area contributed by atoms with Gasteiger partial charge in [0.05, 0.1) is 5.69 Å². The van der Waals surface area contributed by atoms with Crippen LogP contribution in [-0.4, -0.2) is 11.2 Å². The Kier molecular flexibility index (Phi) is 3.35. The van der Waals surface area contributed by atoms with Crippen molar-refractivity contribution in [2.45, 2.75) is 50.6 Å². The molecule has 3 atom stereocenters. The molecule has 108 valence electrons. The molecule has 3 unspecified atom stereocenters. The molecule has 3 aliphatic carbocycles. The fraction of sp³-hybridized carbons (Fsp3) is 0.562. The number of rotatable bonds is 3. The van der Waals surface area contributed by atoms with Gasteiger partial charge in [0.15, 0.2) is 0 Å². The largest absolute Gasteiger partial charge is 0.413 e. The van der Waals surface area contributed by atoms with Gasteiger partial charge in [-0.15, -0.1) is 0 Å². The van der Waals surface area contributed by atoms with Gasteiger partial charge in [-0.2, -0.15) is 13.2 Å². The quantitative estimate of drug-likeness (QED) is 0.713. The topological polar surface area (TPSA) is 12.9 Å². The van der Waals surface area contributed by atoms with Crippen LogP contribution in [-0.2, 0) is 0 Å². The van der Waals surface area contributed by atoms with Crippen molar-refractivity contribution in [2.24, 2.45) is 5.92 Å². The Morgan fingerprint density at radius 3 is 2.85 bits per heavy atom. The summed E-state index contributed by atoms with van der Waals surface area (Å²) in [6.45, 7) is 2.12. The zero-order valence-electron chi connectivity index (χ0n) is 11.5. The molecule has 1 heterocycles. The van der Waals surface area contributed by atoms with Gasteiger partial charge < -0.3 is 0 Å². The Bertz CT molecular complexity index is 533. The third-order valence-corrected chi connectivity index (χ3v) is 4.60. The van der Waals surface area contributed by atoms with Crippen LogP contribution in [0.15, 0.2) is 30.0 Å². The van der Waals surface area contributed by atoms with E-state index in [1.165, 1.54) is 6.08 Å². The number of aromatic nitrogens is 1. The average molecular weight is 281 g/mol. The van der Waals surface area contributed by atoms with E-state index in [1.54, 1.807) is 6.20 Å². The first-order valence-corrected chi connectivity index (χ1v) is 7.26. The zero-order chi connectivity index (χ0) is 14.3. The van der Waals surface area contributed by atoms with Crippen molar-refractivity contribution in [3.05, 3.63) is 41.2 Å². The van der Waals surface area contributed by atoms with Gasteiger partial charge in [-0.25, -0.2) is 0 Å². The van der Waals surface area contributed by atoms with E-state index in [0.29, 0.717) is 18.0 Å². The second-order valence-corrected chi connectivity index (χ2v) is 5.81. The van der Waals surface area contributed by atoms with Crippen LogP contribution in [0.4, 0.5) is 13.2 Å². The van der Waals surface area contributed by atoms with E-state index in [4.69, 9.17) is 0 Å². The number of pyridine rings is 1. The molecule has 2 bridgehead atoms. The van der Waals surface area contributed by atoms with Crippen LogP contribution in [0.3, 0.4) is 0 Å². The summed E-state index contributed by atoms with van der Waals surface area (Å²) in [4.78, 5) is 4.24. The van der Waals surface area contributed by atoms with Crippen LogP contribution >= 0.6 is 0 Å². The van der Waals surface area contributed by atoms with E-state index in [0.717, 1.165) is 24.8 Å². The van der Waals surface area contributed by atoms with Crippen LogP contribution in [0.25, 0.3) is 0 Å². The third kappa shape index (κ3) is 2.15. The van der Waals surface area contributed by atoms with Crippen molar-refractivity contribution in [3.8, 4) is 0 Å². The minimum atomic E-state index is -4.23. The maximum Gasteiger partial charge on any atom is 0.413 e. The lowest BCUT2D eigenvalue weighted by Gasteiger charge is -2.42. The number of halogens is 3. The maximum absolute atomic E-state index is 13.2. The molecule has 1 aromatic heterocycles. The summed E-state index contributed by atoms with van der Waals surface area (Å²) in [7, 11) is 0. The molecule has 0 fully saturated rings. The summed E-state index contributed by atoms with van der Waals surface area (Å²) in [5.74, 6) is -0.326. The minimum Gasteiger partial charge on any atom is -0.260 e. The molecule has 0 radical (unpaired) electrons. The molecule has 1 aromatic rings. The van der Waals surface area contributed by atoms with Crippen LogP contribution in [0.1, 0.15) is 55.7 Å². The number of alkyl halides is 3. The lowest BCUT2D eigenvalue weighted by molar-refractivity contribution is -0.0991. The van der Waals surface area contributed by atoms with Crippen molar-refractivity contribution in [2.75, 3.05) is 0 Å². The summed E-state index contributed by atoms with van der Waals surface area (Å²) in [6.07, 6.45) is 2.62. The molecule has 0 aliphatic heterocycles. The Balaban J connectivity index is 2.00. The van der Waals surface area contributed by atoms with Gasteiger partial charge in [-0.3, -0.25) is 4.98 Å². The number of fused-ring (bicyclic) bond motifs is 1. The maximum atomic E-state index is 13.2. The van der Waals surface area contributed by atoms with Gasteiger partial charge in [0, 0.05) is 23.6 Å². The highest BCUT2D eigenvalue weighted by molar-refractivity contribution is 5.46. The van der Waals surface area contributed by atoms with Crippen LogP contribution in [0, 0.1) is 5.92 Å². The highest BCUT2D eigenvalue weighted by Gasteiger charge is 2.49. The predicted molar refractivity (Wildman–Crippen MR) is 71.5 cm³/mol. The lowest BCUT2D eigenvalue weighted by Crippen LogP contribution is -2.34. The number of unbranched alkanes of at least 4 members (excludes halogenated alkanes) is 1. The number of allylic oxidation sites excluding steroid dienone is 2. The summed E-state index contributed by atoms with van der Waals surface area (Å²) >= 11 is 0. The zero-order valence-corrected chi connectivity index (χ0v) is 11.5. The van der Waals surface area contributed by atoms with Gasteiger partial charge >= 0.3 is 6.18 Å². The first-order valence-electron chi connectivity index (χ1n) is 7.26. The van der Waals surface area contributed by atoms with E-state index < -0.39 is 12.1 Å². The Morgan fingerprint density at radius 2 is 2.15 bits per heavy atom. The Hall–Kier alpha value is -1.32. The van der Waals surface area contributed by atoms with E-state index in [9.17, 15) is 13.2 Å². The van der Waals surface area contributed by atoms with Gasteiger partial charge in [-0.1, -0.05) is 31.9 Å². The summed E-state index contributed by atoms with van der Waals surface area (Å²) in [5.41, 5.74) is 1.29. The van der Waals surface area contributed by atoms with Gasteiger partial charge in [0.1, 0.15) is 0 Å². The standard InChI is InChI=1S/C16H18F3N/c1-2-3-5-10-8-13-14(16(17,18)19)9-12(10)11-6-4-7-20-15(11)13/h4,6-7,9-10,12-13H,2-3,5,8H2,1H3. The lowest BCUT2D eigenvalue weighted by atomic mass is 9.63. The second-order valence-electron chi connectivity index (χ2n) is 5.81. The second kappa shape index (κ2) is 4.90. The van der Waals surface area contributed by atoms with E-state index >= 15 is 0 Å². The van der Waals surface area contributed by atoms with E-state index in [-0.39, 0.29) is 11.5 Å². The minimum absolute atomic E-state index is 0.105. The molecule has 4 heteroatoms. The molecule has 0 spiro atoms. The Labute approximate surface area is 116 Å². The highest BCUT2D eigenvalue weighted by Crippen LogP contribution is 2.55. The van der Waals surface area contributed by atoms with Crippen LogP contribution in [0.5, 0.6) is 0 Å². The summed E-state index contributed by atoms with van der Waals surface area (Å²) in [5, 5.41) is 0. The van der Waals surface area contributed by atoms with Crippen molar-refractivity contribution in [1.82, 2.24) is 4.98 Å². The van der Waals surface area contributed by atoms with Crippen molar-refractivity contribution in [1.29, 1.82) is 0 Å². The summed E-state index contributed by atoms with van der Waals surface area (Å²) in [6, 6.07) is 3.78. The number of hydrogen-bond acceptors (Lipinski definition) is 1. The first-order chi connectivity index (χ1) is 9.52. The molecule has 4 rings (SSSR count). The molecule has 1 nitrogen and oxygen atoms in total. The molecule has 0 N–H and O–H groups in total. The Morgan fingerprint density at radius 1 is 1.35 bits per heavy atom. The number of nitrogens with zero attached hydrogens (tertiary/aromatic N) is 1. The molecular formula is C16H18F3N. The van der Waals surface area contributed by atoms with E-state index in [1.807, 2.05) is 12.1 Å². The highest BCUT2D eigenvalue weighted by atomic mass is 19.4.